The van der Waals surface area contributed by atoms with Crippen molar-refractivity contribution in [3.63, 3.8) is 0 Å². The first kappa shape index (κ1) is 53.2. The van der Waals surface area contributed by atoms with Gasteiger partial charge in [-0.05, 0) is 42.2 Å². The van der Waals surface area contributed by atoms with Crippen molar-refractivity contribution >= 4 is 53.2 Å². The second kappa shape index (κ2) is 26.6. The van der Waals surface area contributed by atoms with Crippen molar-refractivity contribution < 1.29 is 58.1 Å². The summed E-state index contributed by atoms with van der Waals surface area (Å²) in [4.78, 5) is 120. The summed E-state index contributed by atoms with van der Waals surface area (Å²) in [6.07, 6.45) is -0.271. The molecule has 2 aromatic carbocycles. The molecule has 1 aliphatic heterocycles. The molecule has 65 heavy (non-hydrogen) atoms. The van der Waals surface area contributed by atoms with Crippen molar-refractivity contribution in [1.29, 1.82) is 0 Å². The Labute approximate surface area is 380 Å². The van der Waals surface area contributed by atoms with Crippen LogP contribution < -0.4 is 26.6 Å². The van der Waals surface area contributed by atoms with Crippen LogP contribution in [0.25, 0.3) is 0 Å². The first-order valence-electron chi connectivity index (χ1n) is 22.3. The summed E-state index contributed by atoms with van der Waals surface area (Å²) in [7, 11) is 0. The number of amides is 6. The summed E-state index contributed by atoms with van der Waals surface area (Å²) in [5, 5.41) is 31.5. The predicted octanol–water partition coefficient (Wildman–Crippen LogP) is 2.66. The van der Waals surface area contributed by atoms with E-state index in [4.69, 9.17) is 4.74 Å². The van der Waals surface area contributed by atoms with Crippen LogP contribution in [0, 0.1) is 11.8 Å². The molecule has 8 atom stereocenters. The van der Waals surface area contributed by atoms with Gasteiger partial charge in [0.1, 0.15) is 30.2 Å². The zero-order valence-electron chi connectivity index (χ0n) is 38.2. The molecule has 18 heteroatoms. The van der Waals surface area contributed by atoms with Gasteiger partial charge in [-0.3, -0.25) is 43.2 Å². The third-order valence-electron chi connectivity index (χ3n) is 11.3. The van der Waals surface area contributed by atoms with E-state index in [0.717, 1.165) is 18.1 Å². The number of hydrogen-bond donors (Lipinski definition) is 7. The normalized spacial score (nSPS) is 17.4. The number of aliphatic carboxylic acids is 2. The van der Waals surface area contributed by atoms with Gasteiger partial charge >= 0.3 is 11.9 Å². The summed E-state index contributed by atoms with van der Waals surface area (Å²) in [6.45, 7) is 10.0. The summed E-state index contributed by atoms with van der Waals surface area (Å²) >= 11 is 0. The average molecular weight is 907 g/mol. The van der Waals surface area contributed by atoms with Crippen LogP contribution in [0.3, 0.4) is 0 Å². The minimum absolute atomic E-state index is 0.00107. The number of nitrogens with one attached hydrogen (secondary N) is 5. The van der Waals surface area contributed by atoms with Crippen molar-refractivity contribution in [2.45, 2.75) is 148 Å². The number of hydrogen-bond acceptors (Lipinski definition) is 10. The fourth-order valence-corrected chi connectivity index (χ4v) is 7.48. The quantitative estimate of drug-likeness (QED) is 0.0683. The molecule has 2 unspecified atom stereocenters. The van der Waals surface area contributed by atoms with Gasteiger partial charge in [0.2, 0.25) is 35.4 Å². The van der Waals surface area contributed by atoms with Crippen molar-refractivity contribution in [3.05, 3.63) is 71.8 Å². The van der Waals surface area contributed by atoms with Gasteiger partial charge in [0, 0.05) is 32.7 Å². The van der Waals surface area contributed by atoms with Crippen molar-refractivity contribution in [3.8, 4) is 0 Å². The molecule has 2 aromatic rings. The second-order valence-electron chi connectivity index (χ2n) is 16.9. The molecular formula is C47H66N6O12. The highest BCUT2D eigenvalue weighted by Gasteiger charge is 2.44. The van der Waals surface area contributed by atoms with Crippen LogP contribution in [0.5, 0.6) is 0 Å². The maximum atomic E-state index is 14.7. The van der Waals surface area contributed by atoms with Crippen molar-refractivity contribution in [1.82, 2.24) is 31.5 Å². The zero-order chi connectivity index (χ0) is 48.2. The Balaban J connectivity index is 1.88. The number of carbonyl (C=O) groups excluding carboxylic acids is 7. The smallest absolute Gasteiger partial charge is 0.305 e. The lowest BCUT2D eigenvalue weighted by Gasteiger charge is -2.33. The Kier molecular flexibility index (Phi) is 21.7. The highest BCUT2D eigenvalue weighted by Crippen LogP contribution is 2.25. The van der Waals surface area contributed by atoms with Gasteiger partial charge in [-0.25, -0.2) is 0 Å². The van der Waals surface area contributed by atoms with Crippen molar-refractivity contribution in [2.75, 3.05) is 6.54 Å². The van der Waals surface area contributed by atoms with Gasteiger partial charge in [-0.1, -0.05) is 108 Å². The largest absolute Gasteiger partial charge is 0.481 e. The number of Topliss-reactive ketones (excluding diaryl/α,β-unsaturated/α-hetero) is 1. The lowest BCUT2D eigenvalue weighted by Crippen LogP contribution is -2.61. The fraction of sp³-hybridized carbons (Fsp3) is 0.553. The van der Waals surface area contributed by atoms with E-state index in [1.54, 1.807) is 27.7 Å². The van der Waals surface area contributed by atoms with Crippen LogP contribution in [0.4, 0.5) is 0 Å². The van der Waals surface area contributed by atoms with E-state index < -0.39 is 121 Å². The number of carboxylic acids is 2. The van der Waals surface area contributed by atoms with E-state index in [1.165, 1.54) is 4.90 Å². The lowest BCUT2D eigenvalue weighted by atomic mass is 9.95. The Bertz CT molecular complexity index is 1930. The van der Waals surface area contributed by atoms with Crippen LogP contribution in [0.15, 0.2) is 60.7 Å². The van der Waals surface area contributed by atoms with E-state index in [0.29, 0.717) is 25.7 Å². The predicted molar refractivity (Wildman–Crippen MR) is 239 cm³/mol. The van der Waals surface area contributed by atoms with Gasteiger partial charge in [0.05, 0.1) is 25.2 Å². The van der Waals surface area contributed by atoms with Crippen LogP contribution in [-0.4, -0.2) is 117 Å². The molecule has 18 nitrogen and oxygen atoms in total. The number of ketones is 1. The van der Waals surface area contributed by atoms with E-state index in [9.17, 15) is 53.4 Å². The summed E-state index contributed by atoms with van der Waals surface area (Å²) in [5.41, 5.74) is 1.87. The highest BCUT2D eigenvalue weighted by molar-refractivity contribution is 5.98. The molecule has 0 bridgehead atoms. The monoisotopic (exact) mass is 906 g/mol. The van der Waals surface area contributed by atoms with Gasteiger partial charge < -0.3 is 46.4 Å². The maximum absolute atomic E-state index is 14.7. The topological polar surface area (TPSA) is 267 Å². The van der Waals surface area contributed by atoms with Crippen molar-refractivity contribution in [2.24, 2.45) is 11.8 Å². The van der Waals surface area contributed by atoms with Crippen LogP contribution >= 0.6 is 0 Å². The Morgan fingerprint density at radius 3 is 1.85 bits per heavy atom. The number of carboxylic acid groups (broad SMARTS) is 2. The standard InChI is InChI=1S/C47H66N6O12/c1-7-15-34(38(55)22-20-31-16-11-9-12-17-31)49-45(62)37-24-33(65-27-32-18-13-10-14-19-32)26-53(37)47(64)41(28(3)4)51-46(63)42(29(5)8-2)52-43(60)35(21-23-39(56)57)50-44(61)36(25-40(58)59)48-30(6)54/h9-14,16-19,28-29,33-37,41-42H,7-8,15,20-27H2,1-6H3,(H,48,54)(H,49,62)(H,50,61)(H,51,63)(H,52,60)(H,56,57)(H,58,59)/t29?,33-,34?,35-,36+,37+,41+,42+/m1/s1. The summed E-state index contributed by atoms with van der Waals surface area (Å²) in [6, 6.07) is 11.4. The van der Waals surface area contributed by atoms with Gasteiger partial charge in [-0.15, -0.1) is 0 Å². The Hall–Kier alpha value is -6.17. The average Bonchev–Trinajstić information content (AvgIpc) is 3.71. The second-order valence-corrected chi connectivity index (χ2v) is 16.9. The van der Waals surface area contributed by atoms with Gasteiger partial charge in [0.15, 0.2) is 5.78 Å². The number of likely N-dealkylation sites (tertiary alicyclic amines) is 1. The summed E-state index contributed by atoms with van der Waals surface area (Å²) < 4.78 is 6.23. The molecule has 1 saturated heterocycles. The number of rotatable bonds is 27. The van der Waals surface area contributed by atoms with E-state index in [2.05, 4.69) is 26.6 Å². The molecule has 0 aliphatic carbocycles. The third kappa shape index (κ3) is 17.4. The molecule has 0 saturated carbocycles. The fourth-order valence-electron chi connectivity index (χ4n) is 7.48. The maximum Gasteiger partial charge on any atom is 0.305 e. The first-order chi connectivity index (χ1) is 30.8. The molecule has 1 fully saturated rings. The molecule has 6 amide bonds. The van der Waals surface area contributed by atoms with E-state index in [-0.39, 0.29) is 31.8 Å². The minimum atomic E-state index is -1.59. The van der Waals surface area contributed by atoms with Crippen LogP contribution in [0.1, 0.15) is 104 Å². The number of nitrogens with zero attached hydrogens (tertiary/aromatic N) is 1. The molecule has 356 valence electrons. The highest BCUT2D eigenvalue weighted by atomic mass is 16.5. The molecule has 0 aromatic heterocycles. The first-order valence-corrected chi connectivity index (χ1v) is 22.3. The lowest BCUT2D eigenvalue weighted by molar-refractivity contribution is -0.143. The molecule has 1 aliphatic rings. The van der Waals surface area contributed by atoms with Crippen LogP contribution in [-0.2, 0) is 60.9 Å². The third-order valence-corrected chi connectivity index (χ3v) is 11.3. The number of benzene rings is 2. The molecule has 3 rings (SSSR count). The Morgan fingerprint density at radius 1 is 0.692 bits per heavy atom. The SMILES string of the molecule is CCCC(NC(=O)[C@@H]1C[C@@H](OCc2ccccc2)CN1C(=O)[C@@H](NC(=O)[C@@H](NC(=O)[C@@H](CCC(=O)O)NC(=O)[C@H](CC(=O)O)NC(C)=O)C(C)CC)C(C)C)C(=O)CCc1ccccc1. The minimum Gasteiger partial charge on any atom is -0.481 e. The van der Waals surface area contributed by atoms with Crippen LogP contribution in [0.2, 0.25) is 0 Å². The number of carbonyl (C=O) groups is 9. The molecule has 0 spiro atoms. The molecule has 0 radical (unpaired) electrons. The van der Waals surface area contributed by atoms with Gasteiger partial charge in [-0.2, -0.15) is 0 Å². The number of aryl methyl sites for hydroxylation is 1. The zero-order valence-corrected chi connectivity index (χ0v) is 38.2. The van der Waals surface area contributed by atoms with E-state index >= 15 is 0 Å². The van der Waals surface area contributed by atoms with E-state index in [1.807, 2.05) is 67.6 Å². The molecule has 7 N–H and O–H groups in total. The Morgan fingerprint density at radius 2 is 1.29 bits per heavy atom. The molecular weight excluding hydrogens is 841 g/mol. The molecule has 1 heterocycles. The summed E-state index contributed by atoms with van der Waals surface area (Å²) in [5.74, 6) is -8.60. The van der Waals surface area contributed by atoms with Gasteiger partial charge in [0.25, 0.3) is 0 Å². The number of ether oxygens (including phenoxy) is 1.